The van der Waals surface area contributed by atoms with Crippen molar-refractivity contribution in [3.05, 3.63) is 54.0 Å². The van der Waals surface area contributed by atoms with Gasteiger partial charge in [0.05, 0.1) is 17.3 Å². The Bertz CT molecular complexity index is 1160. The van der Waals surface area contributed by atoms with Gasteiger partial charge in [0.2, 0.25) is 5.88 Å². The van der Waals surface area contributed by atoms with Gasteiger partial charge >= 0.3 is 0 Å². The van der Waals surface area contributed by atoms with E-state index in [2.05, 4.69) is 46.1 Å². The third-order valence-corrected chi connectivity index (χ3v) is 5.24. The van der Waals surface area contributed by atoms with Crippen LogP contribution < -0.4 is 4.74 Å². The third kappa shape index (κ3) is 3.32. The molecule has 3 heterocycles. The Morgan fingerprint density at radius 1 is 1.21 bits per heavy atom. The zero-order valence-electron chi connectivity index (χ0n) is 16.8. The van der Waals surface area contributed by atoms with Crippen molar-refractivity contribution in [3.8, 4) is 17.3 Å². The summed E-state index contributed by atoms with van der Waals surface area (Å²) in [4.78, 5) is 4.19. The van der Waals surface area contributed by atoms with E-state index in [1.807, 2.05) is 0 Å². The molecule has 150 valence electrons. The lowest BCUT2D eigenvalue weighted by Crippen LogP contribution is -2.17. The topological polar surface area (TPSA) is 83.0 Å². The van der Waals surface area contributed by atoms with Gasteiger partial charge in [-0.1, -0.05) is 32.9 Å². The Morgan fingerprint density at radius 2 is 2.00 bits per heavy atom. The van der Waals surface area contributed by atoms with Crippen molar-refractivity contribution >= 4 is 5.52 Å². The van der Waals surface area contributed by atoms with Crippen molar-refractivity contribution in [2.75, 3.05) is 0 Å². The molecule has 0 fully saturated rings. The molecule has 0 amide bonds. The van der Waals surface area contributed by atoms with Gasteiger partial charge in [-0.15, -0.1) is 10.2 Å². The van der Waals surface area contributed by atoms with E-state index in [0.717, 1.165) is 17.5 Å². The molecular weight excluding hydrogens is 373 g/mol. The van der Waals surface area contributed by atoms with Gasteiger partial charge in [-0.25, -0.2) is 13.9 Å². The van der Waals surface area contributed by atoms with Crippen LogP contribution in [0, 0.1) is 5.82 Å². The Labute approximate surface area is 167 Å². The minimum absolute atomic E-state index is 0.211. The molecule has 0 N–H and O–H groups in total. The molecule has 0 aliphatic rings. The average Bonchev–Trinajstić information content (AvgIpc) is 3.29. The van der Waals surface area contributed by atoms with Gasteiger partial charge in [-0.2, -0.15) is 10.2 Å². The number of rotatable bonds is 6. The number of aromatic nitrogens is 7. The summed E-state index contributed by atoms with van der Waals surface area (Å²) < 4.78 is 23.7. The van der Waals surface area contributed by atoms with Crippen LogP contribution in [0.3, 0.4) is 0 Å². The highest BCUT2D eigenvalue weighted by atomic mass is 19.1. The lowest BCUT2D eigenvalue weighted by Gasteiger charge is -2.22. The lowest BCUT2D eigenvalue weighted by molar-refractivity contribution is 0.269. The van der Waals surface area contributed by atoms with Crippen LogP contribution in [0.25, 0.3) is 16.9 Å². The van der Waals surface area contributed by atoms with E-state index in [0.29, 0.717) is 23.1 Å². The van der Waals surface area contributed by atoms with Crippen LogP contribution >= 0.6 is 0 Å². The highest BCUT2D eigenvalue weighted by molar-refractivity contribution is 5.66. The quantitative estimate of drug-likeness (QED) is 0.498. The molecule has 0 radical (unpaired) electrons. The Hall–Kier alpha value is -3.36. The number of hydrogen-bond acceptors (Lipinski definition) is 6. The van der Waals surface area contributed by atoms with Gasteiger partial charge in [-0.05, 0) is 24.0 Å². The number of hydrogen-bond donors (Lipinski definition) is 0. The number of aryl methyl sites for hydroxylation is 1. The molecule has 0 spiro atoms. The van der Waals surface area contributed by atoms with E-state index >= 15 is 0 Å². The second-order valence-electron chi connectivity index (χ2n) is 7.45. The normalized spacial score (nSPS) is 11.9. The molecule has 0 aliphatic heterocycles. The van der Waals surface area contributed by atoms with Crippen LogP contribution in [0.4, 0.5) is 4.39 Å². The van der Waals surface area contributed by atoms with Crippen LogP contribution in [0.1, 0.15) is 38.6 Å². The van der Waals surface area contributed by atoms with E-state index in [1.165, 1.54) is 12.4 Å². The number of benzene rings is 1. The molecule has 0 unspecified atom stereocenters. The molecule has 1 aromatic carbocycles. The van der Waals surface area contributed by atoms with Crippen molar-refractivity contribution in [1.82, 2.24) is 34.6 Å². The number of ether oxygens (including phenoxy) is 1. The molecule has 0 aliphatic carbocycles. The summed E-state index contributed by atoms with van der Waals surface area (Å²) >= 11 is 0. The largest absolute Gasteiger partial charge is 0.468 e. The van der Waals surface area contributed by atoms with E-state index < -0.39 is 0 Å². The van der Waals surface area contributed by atoms with E-state index in [1.54, 1.807) is 40.6 Å². The van der Waals surface area contributed by atoms with Crippen LogP contribution in [0.15, 0.2) is 36.8 Å². The van der Waals surface area contributed by atoms with Crippen LogP contribution in [0.5, 0.6) is 5.88 Å². The molecule has 0 bridgehead atoms. The predicted molar refractivity (Wildman–Crippen MR) is 105 cm³/mol. The van der Waals surface area contributed by atoms with Crippen molar-refractivity contribution in [3.63, 3.8) is 0 Å². The first-order chi connectivity index (χ1) is 13.9. The van der Waals surface area contributed by atoms with Gasteiger partial charge < -0.3 is 4.74 Å². The van der Waals surface area contributed by atoms with Crippen molar-refractivity contribution in [1.29, 1.82) is 0 Å². The molecule has 0 atom stereocenters. The maximum Gasteiger partial charge on any atom is 0.238 e. The minimum Gasteiger partial charge on any atom is -0.468 e. The van der Waals surface area contributed by atoms with Crippen molar-refractivity contribution in [2.45, 2.75) is 39.2 Å². The zero-order valence-corrected chi connectivity index (χ0v) is 16.8. The fourth-order valence-electron chi connectivity index (χ4n) is 3.18. The molecule has 4 rings (SSSR count). The second kappa shape index (κ2) is 7.23. The maximum atomic E-state index is 14.4. The van der Waals surface area contributed by atoms with E-state index in [4.69, 9.17) is 4.74 Å². The average molecular weight is 395 g/mol. The third-order valence-electron chi connectivity index (χ3n) is 5.24. The first-order valence-corrected chi connectivity index (χ1v) is 9.38. The molecular formula is C20H22FN7O. The zero-order chi connectivity index (χ0) is 20.6. The molecule has 8 nitrogen and oxygen atoms in total. The first-order valence-electron chi connectivity index (χ1n) is 9.38. The Morgan fingerprint density at radius 3 is 2.69 bits per heavy atom. The SMILES string of the molecule is CCC(C)(C)c1c(OCc2ncnn2C)nn2c(-c3ccccc3F)nncc12. The van der Waals surface area contributed by atoms with Crippen molar-refractivity contribution < 1.29 is 9.13 Å². The Kier molecular flexibility index (Phi) is 4.73. The smallest absolute Gasteiger partial charge is 0.238 e. The second-order valence-corrected chi connectivity index (χ2v) is 7.45. The van der Waals surface area contributed by atoms with Gasteiger partial charge in [-0.3, -0.25) is 4.68 Å². The highest BCUT2D eigenvalue weighted by Gasteiger charge is 2.30. The van der Waals surface area contributed by atoms with E-state index in [-0.39, 0.29) is 17.8 Å². The summed E-state index contributed by atoms with van der Waals surface area (Å²) in [6, 6.07) is 6.44. The summed E-state index contributed by atoms with van der Waals surface area (Å²) in [5.74, 6) is 1.06. The molecule has 3 aromatic heterocycles. The monoisotopic (exact) mass is 395 g/mol. The molecule has 0 saturated heterocycles. The summed E-state index contributed by atoms with van der Waals surface area (Å²) in [6.45, 7) is 6.54. The fourth-order valence-corrected chi connectivity index (χ4v) is 3.18. The summed E-state index contributed by atoms with van der Waals surface area (Å²) in [7, 11) is 1.80. The van der Waals surface area contributed by atoms with Gasteiger partial charge in [0.25, 0.3) is 0 Å². The summed E-state index contributed by atoms with van der Waals surface area (Å²) in [6.07, 6.45) is 3.97. The molecule has 29 heavy (non-hydrogen) atoms. The van der Waals surface area contributed by atoms with E-state index in [9.17, 15) is 4.39 Å². The lowest BCUT2D eigenvalue weighted by atomic mass is 9.83. The standard InChI is InChI=1S/C20H22FN7O/c1-5-20(2,3)17-15-10-23-25-18(13-8-6-7-9-14(13)21)28(15)26-19(17)29-11-16-22-12-24-27(16)4/h6-10,12H,5,11H2,1-4H3. The van der Waals surface area contributed by atoms with Crippen LogP contribution in [0.2, 0.25) is 0 Å². The summed E-state index contributed by atoms with van der Waals surface area (Å²) in [5.41, 5.74) is 1.72. The summed E-state index contributed by atoms with van der Waals surface area (Å²) in [5, 5.41) is 17.0. The van der Waals surface area contributed by atoms with Crippen LogP contribution in [-0.2, 0) is 19.1 Å². The van der Waals surface area contributed by atoms with Gasteiger partial charge in [0.15, 0.2) is 11.6 Å². The molecule has 4 aromatic rings. The van der Waals surface area contributed by atoms with Crippen LogP contribution in [-0.4, -0.2) is 34.6 Å². The minimum atomic E-state index is -0.386. The predicted octanol–water partition coefficient (Wildman–Crippen LogP) is 3.33. The highest BCUT2D eigenvalue weighted by Crippen LogP contribution is 2.38. The first kappa shape index (κ1) is 19.0. The Balaban J connectivity index is 1.88. The molecule has 0 saturated carbocycles. The van der Waals surface area contributed by atoms with Crippen molar-refractivity contribution in [2.24, 2.45) is 7.05 Å². The maximum absolute atomic E-state index is 14.4. The van der Waals surface area contributed by atoms with Gasteiger partial charge in [0.1, 0.15) is 18.8 Å². The number of fused-ring (bicyclic) bond motifs is 1. The fraction of sp³-hybridized carbons (Fsp3) is 0.350. The number of halogens is 1. The molecule has 9 heteroatoms. The van der Waals surface area contributed by atoms with Gasteiger partial charge in [0, 0.05) is 12.6 Å². The number of nitrogens with zero attached hydrogens (tertiary/aromatic N) is 7.